The average molecular weight is 504 g/mol. The van der Waals surface area contributed by atoms with Crippen LogP contribution in [0.5, 0.6) is 0 Å². The van der Waals surface area contributed by atoms with E-state index in [1.54, 1.807) is 24.4 Å². The lowest BCUT2D eigenvalue weighted by Gasteiger charge is -2.16. The first-order valence-corrected chi connectivity index (χ1v) is 11.0. The third-order valence-electron chi connectivity index (χ3n) is 5.78. The minimum absolute atomic E-state index is 0.346. The van der Waals surface area contributed by atoms with E-state index < -0.39 is 17.6 Å². The van der Waals surface area contributed by atoms with Crippen LogP contribution >= 0.6 is 0 Å². The molecule has 37 heavy (non-hydrogen) atoms. The van der Waals surface area contributed by atoms with Crippen molar-refractivity contribution in [2.24, 2.45) is 0 Å². The molecule has 0 bridgehead atoms. The number of nitrogens with one attached hydrogen (secondary N) is 3. The van der Waals surface area contributed by atoms with Crippen molar-refractivity contribution in [1.29, 1.82) is 0 Å². The second-order valence-corrected chi connectivity index (χ2v) is 8.19. The number of aromatic amines is 1. The molecule has 0 fully saturated rings. The average Bonchev–Trinajstić information content (AvgIpc) is 3.36. The molecule has 0 aliphatic carbocycles. The number of hydrogen-bond donors (Lipinski definition) is 3. The molecule has 1 aromatic carbocycles. The molecule has 5 aromatic rings. The maximum atomic E-state index is 13.1. The summed E-state index contributed by atoms with van der Waals surface area (Å²) in [5.41, 5.74) is 3.88. The number of anilines is 3. The van der Waals surface area contributed by atoms with Gasteiger partial charge >= 0.3 is 6.18 Å². The van der Waals surface area contributed by atoms with Crippen LogP contribution < -0.4 is 10.6 Å². The summed E-state index contributed by atoms with van der Waals surface area (Å²) in [6.07, 6.45) is 0.964. The molecule has 186 valence electrons. The van der Waals surface area contributed by atoms with Gasteiger partial charge in [0.1, 0.15) is 29.0 Å². The Hall–Kier alpha value is -4.87. The number of carbonyl (C=O) groups excluding carboxylic acids is 1. The fourth-order valence-corrected chi connectivity index (χ4v) is 3.77. The number of hydrogen-bond acceptors (Lipinski definition) is 7. The Bertz CT molecular complexity index is 1630. The van der Waals surface area contributed by atoms with E-state index in [1.807, 2.05) is 19.9 Å². The van der Waals surface area contributed by atoms with Gasteiger partial charge in [-0.05, 0) is 61.4 Å². The predicted molar refractivity (Wildman–Crippen MR) is 131 cm³/mol. The van der Waals surface area contributed by atoms with E-state index in [0.29, 0.717) is 45.7 Å². The van der Waals surface area contributed by atoms with Crippen molar-refractivity contribution in [3.63, 3.8) is 0 Å². The molecule has 0 spiro atoms. The van der Waals surface area contributed by atoms with E-state index in [1.165, 1.54) is 12.7 Å². The number of halogens is 3. The first-order chi connectivity index (χ1) is 17.7. The minimum Gasteiger partial charge on any atom is -0.339 e. The van der Waals surface area contributed by atoms with Crippen molar-refractivity contribution >= 4 is 34.3 Å². The van der Waals surface area contributed by atoms with Gasteiger partial charge in [-0.25, -0.2) is 19.9 Å². The fourth-order valence-electron chi connectivity index (χ4n) is 3.77. The van der Waals surface area contributed by atoms with Crippen LogP contribution in [-0.4, -0.2) is 35.8 Å². The van der Waals surface area contributed by atoms with E-state index >= 15 is 0 Å². The van der Waals surface area contributed by atoms with Crippen LogP contribution in [0.15, 0.2) is 61.4 Å². The third kappa shape index (κ3) is 4.81. The van der Waals surface area contributed by atoms with Crippen LogP contribution in [0.2, 0.25) is 0 Å². The van der Waals surface area contributed by atoms with Crippen molar-refractivity contribution < 1.29 is 18.0 Å². The summed E-state index contributed by atoms with van der Waals surface area (Å²) in [6.45, 7) is 3.76. The second kappa shape index (κ2) is 9.30. The predicted octanol–water partition coefficient (Wildman–Crippen LogP) is 5.44. The number of aryl methyl sites for hydroxylation is 1. The van der Waals surface area contributed by atoms with Gasteiger partial charge in [0, 0.05) is 29.3 Å². The first-order valence-electron chi connectivity index (χ1n) is 11.0. The molecule has 0 atom stereocenters. The molecule has 1 amide bonds. The topological polar surface area (TPSA) is 121 Å². The Morgan fingerprint density at radius 3 is 2.62 bits per heavy atom. The number of pyridine rings is 2. The van der Waals surface area contributed by atoms with Gasteiger partial charge in [0.25, 0.3) is 5.91 Å². The molecule has 4 heterocycles. The lowest BCUT2D eigenvalue weighted by atomic mass is 10.1. The zero-order chi connectivity index (χ0) is 26.2. The van der Waals surface area contributed by atoms with E-state index in [2.05, 4.69) is 40.5 Å². The van der Waals surface area contributed by atoms with Crippen LogP contribution in [0.3, 0.4) is 0 Å². The smallest absolute Gasteiger partial charge is 0.339 e. The van der Waals surface area contributed by atoms with Gasteiger partial charge in [0.05, 0.1) is 11.9 Å². The van der Waals surface area contributed by atoms with Gasteiger partial charge in [-0.2, -0.15) is 13.2 Å². The standard InChI is InChI=1S/C25H19F3N8O/c1-13-8-16(35-24(37)19-9-15(5-7-29-19)25(26,27)28)10-18(14(13)2)36-22-17(4-3-6-30-22)20-21-23(33-11-31-20)34-12-32-21/h3-12H,1-2H3,(H,30,36)(H,35,37)(H,31,32,33,34). The summed E-state index contributed by atoms with van der Waals surface area (Å²) in [4.78, 5) is 36.8. The van der Waals surface area contributed by atoms with Crippen LogP contribution in [0, 0.1) is 13.8 Å². The Kier molecular flexibility index (Phi) is 5.99. The highest BCUT2D eigenvalue weighted by Gasteiger charge is 2.31. The number of fused-ring (bicyclic) bond motifs is 1. The number of carbonyl (C=O) groups is 1. The molecule has 0 unspecified atom stereocenters. The molecule has 4 aromatic heterocycles. The SMILES string of the molecule is Cc1cc(NC(=O)c2cc(C(F)(F)F)ccn2)cc(Nc2ncccc2-c2ncnc3[nH]cnc23)c1C. The Morgan fingerprint density at radius 1 is 0.973 bits per heavy atom. The number of alkyl halides is 3. The summed E-state index contributed by atoms with van der Waals surface area (Å²) < 4.78 is 39.2. The summed E-state index contributed by atoms with van der Waals surface area (Å²) in [7, 11) is 0. The van der Waals surface area contributed by atoms with Crippen molar-refractivity contribution in [3.8, 4) is 11.3 Å². The maximum Gasteiger partial charge on any atom is 0.416 e. The van der Waals surface area contributed by atoms with E-state index in [9.17, 15) is 18.0 Å². The summed E-state index contributed by atoms with van der Waals surface area (Å²) in [5, 5.41) is 5.93. The quantitative estimate of drug-likeness (QED) is 0.291. The normalized spacial score (nSPS) is 11.5. The lowest BCUT2D eigenvalue weighted by Crippen LogP contribution is -2.16. The summed E-state index contributed by atoms with van der Waals surface area (Å²) in [5.74, 6) is -0.267. The first kappa shape index (κ1) is 23.9. The zero-order valence-corrected chi connectivity index (χ0v) is 19.6. The maximum absolute atomic E-state index is 13.1. The molecule has 0 saturated heterocycles. The van der Waals surface area contributed by atoms with Crippen LogP contribution in [-0.2, 0) is 6.18 Å². The largest absolute Gasteiger partial charge is 0.416 e. The van der Waals surface area contributed by atoms with Gasteiger partial charge in [0.15, 0.2) is 5.65 Å². The van der Waals surface area contributed by atoms with Crippen molar-refractivity contribution in [3.05, 3.63) is 83.8 Å². The molecule has 3 N–H and O–H groups in total. The number of nitrogens with zero attached hydrogens (tertiary/aromatic N) is 5. The van der Waals surface area contributed by atoms with Crippen LogP contribution in [0.25, 0.3) is 22.4 Å². The molecule has 0 saturated carbocycles. The number of amides is 1. The number of aromatic nitrogens is 6. The molecular weight excluding hydrogens is 485 g/mol. The van der Waals surface area contributed by atoms with Gasteiger partial charge < -0.3 is 15.6 Å². The third-order valence-corrected chi connectivity index (χ3v) is 5.78. The van der Waals surface area contributed by atoms with Gasteiger partial charge in [0.2, 0.25) is 0 Å². The number of benzene rings is 1. The Morgan fingerprint density at radius 2 is 1.81 bits per heavy atom. The van der Waals surface area contributed by atoms with Crippen LogP contribution in [0.1, 0.15) is 27.2 Å². The molecule has 0 aliphatic heterocycles. The van der Waals surface area contributed by atoms with Gasteiger partial charge in [-0.1, -0.05) is 0 Å². The Balaban J connectivity index is 1.47. The highest BCUT2D eigenvalue weighted by molar-refractivity contribution is 6.03. The van der Waals surface area contributed by atoms with Crippen molar-refractivity contribution in [2.45, 2.75) is 20.0 Å². The van der Waals surface area contributed by atoms with E-state index in [0.717, 1.165) is 23.4 Å². The van der Waals surface area contributed by atoms with Crippen molar-refractivity contribution in [1.82, 2.24) is 29.9 Å². The zero-order valence-electron chi connectivity index (χ0n) is 19.6. The highest BCUT2D eigenvalue weighted by atomic mass is 19.4. The van der Waals surface area contributed by atoms with Gasteiger partial charge in [-0.15, -0.1) is 0 Å². The number of H-pyrrole nitrogens is 1. The van der Waals surface area contributed by atoms with Crippen molar-refractivity contribution in [2.75, 3.05) is 10.6 Å². The number of imidazole rings is 1. The molecular formula is C25H19F3N8O. The molecule has 0 radical (unpaired) electrons. The minimum atomic E-state index is -4.58. The highest BCUT2D eigenvalue weighted by Crippen LogP contribution is 2.33. The summed E-state index contributed by atoms with van der Waals surface area (Å²) >= 11 is 0. The molecule has 0 aliphatic rings. The monoisotopic (exact) mass is 504 g/mol. The van der Waals surface area contributed by atoms with E-state index in [-0.39, 0.29) is 5.69 Å². The van der Waals surface area contributed by atoms with E-state index in [4.69, 9.17) is 0 Å². The lowest BCUT2D eigenvalue weighted by molar-refractivity contribution is -0.137. The summed E-state index contributed by atoms with van der Waals surface area (Å²) in [6, 6.07) is 8.55. The number of rotatable bonds is 5. The van der Waals surface area contributed by atoms with Gasteiger partial charge in [-0.3, -0.25) is 9.78 Å². The van der Waals surface area contributed by atoms with Crippen LogP contribution in [0.4, 0.5) is 30.4 Å². The molecule has 9 nitrogen and oxygen atoms in total. The second-order valence-electron chi connectivity index (χ2n) is 8.19. The Labute approximate surface area is 208 Å². The fraction of sp³-hybridized carbons (Fsp3) is 0.120. The molecule has 5 rings (SSSR count). The molecule has 12 heteroatoms.